The number of nitrogens with one attached hydrogen (secondary N) is 1. The number of aromatic nitrogens is 2. The quantitative estimate of drug-likeness (QED) is 0.723. The summed E-state index contributed by atoms with van der Waals surface area (Å²) < 4.78 is 0. The number of fused-ring (bicyclic) bond motifs is 1. The molecule has 1 aromatic heterocycles. The van der Waals surface area contributed by atoms with Crippen LogP contribution in [0.15, 0.2) is 24.5 Å². The van der Waals surface area contributed by atoms with E-state index in [0.29, 0.717) is 0 Å². The van der Waals surface area contributed by atoms with Crippen LogP contribution >= 0.6 is 0 Å². The fourth-order valence-electron chi connectivity index (χ4n) is 1.50. The first-order valence-corrected chi connectivity index (χ1v) is 5.47. The molecule has 1 heterocycles. The number of rotatable bonds is 1. The molecule has 0 fully saturated rings. The summed E-state index contributed by atoms with van der Waals surface area (Å²) in [7, 11) is 0. The van der Waals surface area contributed by atoms with Gasteiger partial charge in [-0.2, -0.15) is 0 Å². The normalized spacial score (nSPS) is 11.2. The van der Waals surface area contributed by atoms with E-state index in [1.54, 1.807) is 6.33 Å². The van der Waals surface area contributed by atoms with E-state index in [4.69, 9.17) is 0 Å². The van der Waals surface area contributed by atoms with E-state index in [2.05, 4.69) is 54.7 Å². The van der Waals surface area contributed by atoms with Crippen LogP contribution in [0.3, 0.4) is 0 Å². The maximum atomic E-state index is 4.19. The van der Waals surface area contributed by atoms with Crippen molar-refractivity contribution in [1.82, 2.24) is 9.97 Å². The third kappa shape index (κ3) is 2.64. The van der Waals surface area contributed by atoms with Gasteiger partial charge in [0.25, 0.3) is 0 Å². The van der Waals surface area contributed by atoms with Gasteiger partial charge in [-0.05, 0) is 38.5 Å². The molecule has 2 nitrogen and oxygen atoms in total. The highest BCUT2D eigenvalue weighted by Crippen LogP contribution is 2.13. The summed E-state index contributed by atoms with van der Waals surface area (Å²) in [5, 5.41) is 0. The average Bonchev–Trinajstić information content (AvgIpc) is 2.62. The molecule has 0 saturated carbocycles. The van der Waals surface area contributed by atoms with Gasteiger partial charge in [-0.25, -0.2) is 4.98 Å². The molecule has 0 saturated heterocycles. The monoisotopic (exact) mass is 212 g/mol. The number of benzene rings is 1. The van der Waals surface area contributed by atoms with Crippen molar-refractivity contribution in [1.29, 1.82) is 0 Å². The maximum Gasteiger partial charge on any atom is 0.0931 e. The first-order chi connectivity index (χ1) is 7.54. The highest BCUT2D eigenvalue weighted by Gasteiger charge is 2.03. The van der Waals surface area contributed by atoms with Crippen molar-refractivity contribution < 1.29 is 0 Å². The summed E-state index contributed by atoms with van der Waals surface area (Å²) in [6.07, 6.45) is 2.52. The lowest BCUT2D eigenvalue weighted by atomic mass is 9.97. The minimum absolute atomic E-state index is 0.0814. The van der Waals surface area contributed by atoms with Crippen molar-refractivity contribution >= 4 is 11.0 Å². The topological polar surface area (TPSA) is 28.7 Å². The van der Waals surface area contributed by atoms with Crippen LogP contribution in [0.1, 0.15) is 26.3 Å². The van der Waals surface area contributed by atoms with Crippen LogP contribution < -0.4 is 0 Å². The Labute approximate surface area is 96.1 Å². The summed E-state index contributed by atoms with van der Waals surface area (Å²) in [6, 6.07) is 6.22. The van der Waals surface area contributed by atoms with Crippen molar-refractivity contribution in [3.63, 3.8) is 0 Å². The summed E-state index contributed by atoms with van der Waals surface area (Å²) >= 11 is 0. The Kier molecular flexibility index (Phi) is 2.70. The van der Waals surface area contributed by atoms with Crippen molar-refractivity contribution in [3.8, 4) is 11.8 Å². The lowest BCUT2D eigenvalue weighted by molar-refractivity contribution is 0.570. The Bertz CT molecular complexity index is 547. The largest absolute Gasteiger partial charge is 0.345 e. The van der Waals surface area contributed by atoms with E-state index in [1.165, 1.54) is 5.56 Å². The van der Waals surface area contributed by atoms with Crippen molar-refractivity contribution in [2.45, 2.75) is 27.2 Å². The van der Waals surface area contributed by atoms with Crippen LogP contribution in [0.25, 0.3) is 11.0 Å². The SMILES string of the molecule is CC(C)(C)C#CCc1ccc2nc[nH]c2c1. The number of hydrogen-bond acceptors (Lipinski definition) is 1. The van der Waals surface area contributed by atoms with Gasteiger partial charge in [0.1, 0.15) is 0 Å². The molecule has 0 bridgehead atoms. The molecule has 16 heavy (non-hydrogen) atoms. The Balaban J connectivity index is 2.17. The van der Waals surface area contributed by atoms with Crippen LogP contribution in [-0.2, 0) is 6.42 Å². The van der Waals surface area contributed by atoms with E-state index < -0.39 is 0 Å². The highest BCUT2D eigenvalue weighted by atomic mass is 14.9. The van der Waals surface area contributed by atoms with Crippen LogP contribution in [-0.4, -0.2) is 9.97 Å². The van der Waals surface area contributed by atoms with Crippen LogP contribution in [0, 0.1) is 17.3 Å². The maximum absolute atomic E-state index is 4.19. The van der Waals surface area contributed by atoms with Gasteiger partial charge in [0.05, 0.1) is 17.4 Å². The molecule has 2 rings (SSSR count). The van der Waals surface area contributed by atoms with Crippen LogP contribution in [0.2, 0.25) is 0 Å². The summed E-state index contributed by atoms with van der Waals surface area (Å²) in [5.41, 5.74) is 3.40. The zero-order chi connectivity index (χ0) is 11.6. The predicted molar refractivity (Wildman–Crippen MR) is 67.0 cm³/mol. The van der Waals surface area contributed by atoms with Gasteiger partial charge >= 0.3 is 0 Å². The Morgan fingerprint density at radius 2 is 2.12 bits per heavy atom. The number of nitrogens with zero attached hydrogens (tertiary/aromatic N) is 1. The molecule has 0 spiro atoms. The second-order valence-corrected chi connectivity index (χ2v) is 4.98. The molecule has 0 atom stereocenters. The molecule has 1 aromatic carbocycles. The van der Waals surface area contributed by atoms with E-state index in [9.17, 15) is 0 Å². The van der Waals surface area contributed by atoms with Gasteiger partial charge in [-0.1, -0.05) is 17.9 Å². The molecule has 0 aliphatic carbocycles. The standard InChI is InChI=1S/C14H16N2/c1-14(2,3)8-4-5-11-6-7-12-13(9-11)16-10-15-12/h6-7,9-10H,5H2,1-3H3,(H,15,16). The number of aromatic amines is 1. The second-order valence-electron chi connectivity index (χ2n) is 4.98. The predicted octanol–water partition coefficient (Wildman–Crippen LogP) is 3.15. The third-order valence-corrected chi connectivity index (χ3v) is 2.24. The van der Waals surface area contributed by atoms with Gasteiger partial charge in [-0.15, -0.1) is 0 Å². The fraction of sp³-hybridized carbons (Fsp3) is 0.357. The van der Waals surface area contributed by atoms with Crippen molar-refractivity contribution in [2.24, 2.45) is 5.41 Å². The minimum atomic E-state index is 0.0814. The zero-order valence-corrected chi connectivity index (χ0v) is 9.96. The molecule has 2 aromatic rings. The summed E-state index contributed by atoms with van der Waals surface area (Å²) in [6.45, 7) is 6.37. The molecular formula is C14H16N2. The van der Waals surface area contributed by atoms with E-state index in [-0.39, 0.29) is 5.41 Å². The average molecular weight is 212 g/mol. The molecule has 0 amide bonds. The van der Waals surface area contributed by atoms with Crippen molar-refractivity contribution in [3.05, 3.63) is 30.1 Å². The molecule has 0 radical (unpaired) electrons. The molecule has 0 unspecified atom stereocenters. The Morgan fingerprint density at radius 3 is 2.88 bits per heavy atom. The lowest BCUT2D eigenvalue weighted by Crippen LogP contribution is -1.99. The molecule has 82 valence electrons. The Hall–Kier alpha value is -1.75. The molecule has 1 N–H and O–H groups in total. The van der Waals surface area contributed by atoms with Gasteiger partial charge < -0.3 is 4.98 Å². The summed E-state index contributed by atoms with van der Waals surface area (Å²) in [5.74, 6) is 6.45. The van der Waals surface area contributed by atoms with Gasteiger partial charge in [0.15, 0.2) is 0 Å². The van der Waals surface area contributed by atoms with Gasteiger partial charge in [0, 0.05) is 11.8 Å². The number of imidazole rings is 1. The first kappa shape index (κ1) is 10.8. The third-order valence-electron chi connectivity index (χ3n) is 2.24. The Morgan fingerprint density at radius 1 is 1.31 bits per heavy atom. The van der Waals surface area contributed by atoms with Crippen LogP contribution in [0.5, 0.6) is 0 Å². The first-order valence-electron chi connectivity index (χ1n) is 5.47. The van der Waals surface area contributed by atoms with Crippen molar-refractivity contribution in [2.75, 3.05) is 0 Å². The van der Waals surface area contributed by atoms with E-state index in [1.807, 2.05) is 6.07 Å². The highest BCUT2D eigenvalue weighted by molar-refractivity contribution is 5.75. The molecule has 2 heteroatoms. The van der Waals surface area contributed by atoms with E-state index >= 15 is 0 Å². The smallest absolute Gasteiger partial charge is 0.0931 e. The summed E-state index contributed by atoms with van der Waals surface area (Å²) in [4.78, 5) is 7.30. The van der Waals surface area contributed by atoms with Gasteiger partial charge in [-0.3, -0.25) is 0 Å². The molecule has 0 aliphatic heterocycles. The van der Waals surface area contributed by atoms with Gasteiger partial charge in [0.2, 0.25) is 0 Å². The minimum Gasteiger partial charge on any atom is -0.345 e. The van der Waals surface area contributed by atoms with Crippen LogP contribution in [0.4, 0.5) is 0 Å². The number of H-pyrrole nitrogens is 1. The molecular weight excluding hydrogens is 196 g/mol. The van der Waals surface area contributed by atoms with E-state index in [0.717, 1.165) is 17.5 Å². The zero-order valence-electron chi connectivity index (χ0n) is 9.96. The second kappa shape index (κ2) is 4.02. The lowest BCUT2D eigenvalue weighted by Gasteiger charge is -2.06. The number of hydrogen-bond donors (Lipinski definition) is 1. The fourth-order valence-corrected chi connectivity index (χ4v) is 1.50. The molecule has 0 aliphatic rings.